The zero-order valence-corrected chi connectivity index (χ0v) is 13.4. The molecule has 0 atom stereocenters. The van der Waals surface area contributed by atoms with E-state index in [2.05, 4.69) is 9.88 Å². The standard InChI is InChI=1S/C16H22ClN3O2/c17-14-9-13(10-15(18-14)19-5-1-2-6-19)16(22)20-7-3-12(11-21)4-8-20/h9-10,12,21H,1-8,11H2. The van der Waals surface area contributed by atoms with Crippen LogP contribution in [0.2, 0.25) is 5.15 Å². The summed E-state index contributed by atoms with van der Waals surface area (Å²) in [5.41, 5.74) is 0.615. The maximum absolute atomic E-state index is 12.7. The third kappa shape index (κ3) is 3.36. The average Bonchev–Trinajstić information content (AvgIpc) is 3.08. The molecular formula is C16H22ClN3O2. The summed E-state index contributed by atoms with van der Waals surface area (Å²) in [5.74, 6) is 1.14. The van der Waals surface area contributed by atoms with Crippen LogP contribution in [0.3, 0.4) is 0 Å². The number of aliphatic hydroxyl groups excluding tert-OH is 1. The number of hydrogen-bond acceptors (Lipinski definition) is 4. The second kappa shape index (κ2) is 6.84. The maximum atomic E-state index is 12.7. The Morgan fingerprint density at radius 1 is 1.23 bits per heavy atom. The van der Waals surface area contributed by atoms with Crippen molar-refractivity contribution in [2.45, 2.75) is 25.7 Å². The normalized spacial score (nSPS) is 19.7. The number of carbonyl (C=O) groups excluding carboxylic acids is 1. The van der Waals surface area contributed by atoms with Gasteiger partial charge in [-0.05, 0) is 43.7 Å². The quantitative estimate of drug-likeness (QED) is 0.866. The molecular weight excluding hydrogens is 302 g/mol. The molecule has 2 saturated heterocycles. The van der Waals surface area contributed by atoms with Crippen molar-refractivity contribution in [3.8, 4) is 0 Å². The molecule has 2 aliphatic heterocycles. The maximum Gasteiger partial charge on any atom is 0.254 e. The Kier molecular flexibility index (Phi) is 4.84. The van der Waals surface area contributed by atoms with E-state index in [1.807, 2.05) is 11.0 Å². The molecule has 3 heterocycles. The Hall–Kier alpha value is -1.33. The van der Waals surface area contributed by atoms with E-state index in [0.29, 0.717) is 29.7 Å². The molecule has 1 N–H and O–H groups in total. The highest BCUT2D eigenvalue weighted by molar-refractivity contribution is 6.29. The zero-order valence-electron chi connectivity index (χ0n) is 12.7. The van der Waals surface area contributed by atoms with Crippen LogP contribution in [-0.4, -0.2) is 53.7 Å². The third-order valence-electron chi connectivity index (χ3n) is 4.62. The van der Waals surface area contributed by atoms with E-state index >= 15 is 0 Å². The first-order valence-corrected chi connectivity index (χ1v) is 8.38. The zero-order chi connectivity index (χ0) is 15.5. The van der Waals surface area contributed by atoms with E-state index in [4.69, 9.17) is 11.6 Å². The highest BCUT2D eigenvalue weighted by Crippen LogP contribution is 2.24. The van der Waals surface area contributed by atoms with Crippen LogP contribution < -0.4 is 4.90 Å². The molecule has 5 nitrogen and oxygen atoms in total. The molecule has 2 aliphatic rings. The van der Waals surface area contributed by atoms with Crippen molar-refractivity contribution in [1.82, 2.24) is 9.88 Å². The van der Waals surface area contributed by atoms with Crippen molar-refractivity contribution >= 4 is 23.3 Å². The molecule has 120 valence electrons. The number of aromatic nitrogens is 1. The Balaban J connectivity index is 1.74. The van der Waals surface area contributed by atoms with E-state index in [1.54, 1.807) is 6.07 Å². The molecule has 0 unspecified atom stereocenters. The Labute approximate surface area is 135 Å². The van der Waals surface area contributed by atoms with Gasteiger partial charge in [0.25, 0.3) is 5.91 Å². The van der Waals surface area contributed by atoms with Gasteiger partial charge >= 0.3 is 0 Å². The van der Waals surface area contributed by atoms with Crippen molar-refractivity contribution in [3.63, 3.8) is 0 Å². The van der Waals surface area contributed by atoms with Gasteiger partial charge in [-0.25, -0.2) is 4.98 Å². The summed E-state index contributed by atoms with van der Waals surface area (Å²) in [6.45, 7) is 3.56. The van der Waals surface area contributed by atoms with E-state index < -0.39 is 0 Å². The van der Waals surface area contributed by atoms with E-state index in [0.717, 1.165) is 44.6 Å². The summed E-state index contributed by atoms with van der Waals surface area (Å²) >= 11 is 6.12. The van der Waals surface area contributed by atoms with Crippen LogP contribution in [0.1, 0.15) is 36.0 Å². The Bertz CT molecular complexity index is 538. The minimum Gasteiger partial charge on any atom is -0.396 e. The number of anilines is 1. The second-order valence-corrected chi connectivity index (χ2v) is 6.54. The second-order valence-electron chi connectivity index (χ2n) is 6.15. The van der Waals surface area contributed by atoms with Crippen LogP contribution >= 0.6 is 11.6 Å². The largest absolute Gasteiger partial charge is 0.396 e. The van der Waals surface area contributed by atoms with E-state index in [1.165, 1.54) is 0 Å². The fraction of sp³-hybridized carbons (Fsp3) is 0.625. The number of hydrogen-bond donors (Lipinski definition) is 1. The molecule has 0 aliphatic carbocycles. The molecule has 0 bridgehead atoms. The van der Waals surface area contributed by atoms with Gasteiger partial charge in [0.1, 0.15) is 11.0 Å². The lowest BCUT2D eigenvalue weighted by molar-refractivity contribution is 0.0651. The van der Waals surface area contributed by atoms with Crippen molar-refractivity contribution in [2.75, 3.05) is 37.7 Å². The number of amides is 1. The van der Waals surface area contributed by atoms with Gasteiger partial charge in [0.15, 0.2) is 0 Å². The van der Waals surface area contributed by atoms with Gasteiger partial charge in [0, 0.05) is 38.3 Å². The molecule has 3 rings (SSSR count). The predicted octanol–water partition coefficient (Wildman–Crippen LogP) is 2.18. The number of piperidine rings is 1. The molecule has 0 spiro atoms. The first-order chi connectivity index (χ1) is 10.7. The molecule has 0 aromatic carbocycles. The van der Waals surface area contributed by atoms with Crippen molar-refractivity contribution in [3.05, 3.63) is 22.8 Å². The minimum atomic E-state index is 0.0149. The van der Waals surface area contributed by atoms with Crippen molar-refractivity contribution in [2.24, 2.45) is 5.92 Å². The van der Waals surface area contributed by atoms with Gasteiger partial charge in [0.2, 0.25) is 0 Å². The summed E-state index contributed by atoms with van der Waals surface area (Å²) in [6.07, 6.45) is 4.04. The summed E-state index contributed by atoms with van der Waals surface area (Å²) in [4.78, 5) is 21.1. The molecule has 0 radical (unpaired) electrons. The van der Waals surface area contributed by atoms with E-state index in [9.17, 15) is 9.90 Å². The van der Waals surface area contributed by atoms with Gasteiger partial charge in [0.05, 0.1) is 0 Å². The van der Waals surface area contributed by atoms with Crippen LogP contribution in [0.25, 0.3) is 0 Å². The summed E-state index contributed by atoms with van der Waals surface area (Å²) in [7, 11) is 0. The molecule has 1 aromatic heterocycles. The fourth-order valence-corrected chi connectivity index (χ4v) is 3.42. The van der Waals surface area contributed by atoms with Crippen LogP contribution in [0.15, 0.2) is 12.1 Å². The van der Waals surface area contributed by atoms with Crippen molar-refractivity contribution in [1.29, 1.82) is 0 Å². The number of rotatable bonds is 3. The number of likely N-dealkylation sites (tertiary alicyclic amines) is 1. The molecule has 1 amide bonds. The Morgan fingerprint density at radius 2 is 1.91 bits per heavy atom. The lowest BCUT2D eigenvalue weighted by Gasteiger charge is -2.31. The van der Waals surface area contributed by atoms with Crippen LogP contribution in [0, 0.1) is 5.92 Å². The SMILES string of the molecule is O=C(c1cc(Cl)nc(N2CCCC2)c1)N1CCC(CO)CC1. The summed E-state index contributed by atoms with van der Waals surface area (Å²) in [6, 6.07) is 3.51. The Morgan fingerprint density at radius 3 is 2.55 bits per heavy atom. The number of aliphatic hydroxyl groups is 1. The number of nitrogens with zero attached hydrogens (tertiary/aromatic N) is 3. The lowest BCUT2D eigenvalue weighted by Crippen LogP contribution is -2.39. The van der Waals surface area contributed by atoms with Gasteiger partial charge < -0.3 is 14.9 Å². The van der Waals surface area contributed by atoms with Crippen molar-refractivity contribution < 1.29 is 9.90 Å². The minimum absolute atomic E-state index is 0.0149. The lowest BCUT2D eigenvalue weighted by atomic mass is 9.97. The predicted molar refractivity (Wildman–Crippen MR) is 86.4 cm³/mol. The first kappa shape index (κ1) is 15.6. The monoisotopic (exact) mass is 323 g/mol. The van der Waals surface area contributed by atoms with Gasteiger partial charge in [-0.1, -0.05) is 11.6 Å². The number of pyridine rings is 1. The van der Waals surface area contributed by atoms with Gasteiger partial charge in [-0.15, -0.1) is 0 Å². The van der Waals surface area contributed by atoms with Crippen LogP contribution in [0.5, 0.6) is 0 Å². The average molecular weight is 324 g/mol. The molecule has 2 fully saturated rings. The summed E-state index contributed by atoms with van der Waals surface area (Å²) < 4.78 is 0. The highest BCUT2D eigenvalue weighted by Gasteiger charge is 2.24. The van der Waals surface area contributed by atoms with Crippen LogP contribution in [-0.2, 0) is 0 Å². The van der Waals surface area contributed by atoms with Gasteiger partial charge in [-0.3, -0.25) is 4.79 Å². The highest BCUT2D eigenvalue weighted by atomic mass is 35.5. The molecule has 0 saturated carbocycles. The summed E-state index contributed by atoms with van der Waals surface area (Å²) in [5, 5.41) is 9.57. The molecule has 6 heteroatoms. The smallest absolute Gasteiger partial charge is 0.254 e. The van der Waals surface area contributed by atoms with Crippen LogP contribution in [0.4, 0.5) is 5.82 Å². The number of halogens is 1. The number of carbonyl (C=O) groups is 1. The third-order valence-corrected chi connectivity index (χ3v) is 4.81. The van der Waals surface area contributed by atoms with Gasteiger partial charge in [-0.2, -0.15) is 0 Å². The molecule has 1 aromatic rings. The molecule has 22 heavy (non-hydrogen) atoms. The fourth-order valence-electron chi connectivity index (χ4n) is 3.22. The topological polar surface area (TPSA) is 56.7 Å². The van der Waals surface area contributed by atoms with E-state index in [-0.39, 0.29) is 12.5 Å². The first-order valence-electron chi connectivity index (χ1n) is 8.00.